The second-order valence-electron chi connectivity index (χ2n) is 14.3. The van der Waals surface area contributed by atoms with Crippen LogP contribution in [0.4, 0.5) is 0 Å². The Bertz CT molecular complexity index is 2650. The van der Waals surface area contributed by atoms with Crippen LogP contribution in [0.25, 0.3) is 27.5 Å². The van der Waals surface area contributed by atoms with Gasteiger partial charge in [-0.3, -0.25) is 0 Å². The van der Waals surface area contributed by atoms with Crippen molar-refractivity contribution in [2.24, 2.45) is 0 Å². The maximum absolute atomic E-state index is 2.84. The van der Waals surface area contributed by atoms with Gasteiger partial charge in [-0.15, -0.1) is 0 Å². The third-order valence-electron chi connectivity index (χ3n) is 11.9. The summed E-state index contributed by atoms with van der Waals surface area (Å²) in [6, 6.07) is 75.7. The number of rotatable bonds is 5. The molecule has 9 aromatic rings. The fourth-order valence-corrected chi connectivity index (χ4v) is 15.1. The molecule has 52 heavy (non-hydrogen) atoms. The zero-order valence-corrected chi connectivity index (χ0v) is 29.7. The van der Waals surface area contributed by atoms with E-state index in [2.05, 4.69) is 205 Å². The molecule has 2 bridgehead atoms. The van der Waals surface area contributed by atoms with Gasteiger partial charge in [-0.1, -0.05) is 182 Å². The van der Waals surface area contributed by atoms with Gasteiger partial charge in [-0.2, -0.15) is 0 Å². The van der Waals surface area contributed by atoms with Crippen LogP contribution >= 0.6 is 0 Å². The Labute approximate surface area is 305 Å². The van der Waals surface area contributed by atoms with Gasteiger partial charge in [0.2, 0.25) is 0 Å². The van der Waals surface area contributed by atoms with Crippen molar-refractivity contribution in [3.8, 4) is 5.69 Å². The van der Waals surface area contributed by atoms with E-state index in [0.717, 1.165) is 0 Å². The Balaban J connectivity index is 1.29. The standard InChI is InChI=1S/C50H35NSi/c1-4-18-34(19-5-1)52(35-20-6-2-7-21-35,36-22-8-3-9-23-36)46-33-17-29-42-47-39-26-10-11-27-40(39)50(49(42)46)48-41(47)28-16-32-45(48)51-43-30-14-12-24-37(43)38-25-13-15-31-44(38)51/h1-33,47,50H. The van der Waals surface area contributed by atoms with E-state index in [4.69, 9.17) is 0 Å². The van der Waals surface area contributed by atoms with E-state index in [1.807, 2.05) is 0 Å². The molecule has 1 aromatic heterocycles. The second kappa shape index (κ2) is 11.4. The van der Waals surface area contributed by atoms with E-state index in [1.165, 1.54) is 81.6 Å². The zero-order valence-electron chi connectivity index (χ0n) is 28.7. The van der Waals surface area contributed by atoms with Crippen LogP contribution in [0.5, 0.6) is 0 Å². The summed E-state index contributed by atoms with van der Waals surface area (Å²) in [5, 5.41) is 8.30. The molecule has 3 aliphatic rings. The first kappa shape index (κ1) is 29.5. The van der Waals surface area contributed by atoms with Crippen molar-refractivity contribution >= 4 is 50.6 Å². The molecule has 1 nitrogen and oxygen atoms in total. The summed E-state index contributed by atoms with van der Waals surface area (Å²) < 4.78 is 2.55. The molecule has 2 unspecified atom stereocenters. The van der Waals surface area contributed by atoms with Crippen molar-refractivity contribution in [3.05, 3.63) is 234 Å². The zero-order chi connectivity index (χ0) is 34.2. The summed E-state index contributed by atoms with van der Waals surface area (Å²) in [6.45, 7) is 0. The molecule has 244 valence electrons. The number of benzene rings is 8. The Morgan fingerprint density at radius 1 is 0.327 bits per heavy atom. The Kier molecular flexibility index (Phi) is 6.47. The quantitative estimate of drug-likeness (QED) is 0.127. The molecule has 1 heterocycles. The first-order chi connectivity index (χ1) is 25.9. The lowest BCUT2D eigenvalue weighted by atomic mass is 9.60. The van der Waals surface area contributed by atoms with Crippen molar-refractivity contribution in [1.82, 2.24) is 4.57 Å². The van der Waals surface area contributed by atoms with E-state index in [9.17, 15) is 0 Å². The van der Waals surface area contributed by atoms with Crippen LogP contribution in [0.3, 0.4) is 0 Å². The summed E-state index contributed by atoms with van der Waals surface area (Å²) in [7, 11) is -2.84. The smallest absolute Gasteiger partial charge is 0.179 e. The van der Waals surface area contributed by atoms with Crippen molar-refractivity contribution in [2.75, 3.05) is 0 Å². The average Bonchev–Trinajstić information content (AvgIpc) is 3.56. The first-order valence-electron chi connectivity index (χ1n) is 18.4. The molecule has 0 aliphatic heterocycles. The maximum Gasteiger partial charge on any atom is 0.179 e. The van der Waals surface area contributed by atoms with Gasteiger partial charge in [0.1, 0.15) is 0 Å². The van der Waals surface area contributed by atoms with Crippen molar-refractivity contribution < 1.29 is 0 Å². The second-order valence-corrected chi connectivity index (χ2v) is 18.1. The van der Waals surface area contributed by atoms with Gasteiger partial charge in [0.25, 0.3) is 0 Å². The highest BCUT2D eigenvalue weighted by Gasteiger charge is 2.49. The van der Waals surface area contributed by atoms with Gasteiger partial charge in [0.15, 0.2) is 8.07 Å². The fraction of sp³-hybridized carbons (Fsp3) is 0.0400. The normalized spacial score (nSPS) is 15.7. The molecule has 0 N–H and O–H groups in total. The maximum atomic E-state index is 2.55. The number of hydrogen-bond acceptors (Lipinski definition) is 0. The largest absolute Gasteiger partial charge is 0.309 e. The third kappa shape index (κ3) is 3.93. The number of aromatic nitrogens is 1. The van der Waals surface area contributed by atoms with Gasteiger partial charge in [-0.25, -0.2) is 0 Å². The van der Waals surface area contributed by atoms with Gasteiger partial charge >= 0.3 is 0 Å². The molecular weight excluding hydrogens is 643 g/mol. The molecule has 0 radical (unpaired) electrons. The predicted molar refractivity (Wildman–Crippen MR) is 219 cm³/mol. The number of nitrogens with zero attached hydrogens (tertiary/aromatic N) is 1. The predicted octanol–water partition coefficient (Wildman–Crippen LogP) is 9.15. The molecular formula is C50H35NSi. The van der Waals surface area contributed by atoms with E-state index < -0.39 is 8.07 Å². The first-order valence-corrected chi connectivity index (χ1v) is 20.4. The van der Waals surface area contributed by atoms with E-state index in [0.29, 0.717) is 0 Å². The highest BCUT2D eigenvalue weighted by molar-refractivity contribution is 7.20. The van der Waals surface area contributed by atoms with E-state index in [1.54, 1.807) is 0 Å². The van der Waals surface area contributed by atoms with Gasteiger partial charge in [-0.05, 0) is 72.3 Å². The number of hydrogen-bond donors (Lipinski definition) is 0. The molecule has 2 heteroatoms. The summed E-state index contributed by atoms with van der Waals surface area (Å²) >= 11 is 0. The van der Waals surface area contributed by atoms with Crippen molar-refractivity contribution in [2.45, 2.75) is 11.8 Å². The molecule has 0 saturated heterocycles. The summed E-state index contributed by atoms with van der Waals surface area (Å²) in [4.78, 5) is 0. The van der Waals surface area contributed by atoms with Crippen LogP contribution in [-0.4, -0.2) is 12.6 Å². The number of para-hydroxylation sites is 2. The Hall–Kier alpha value is -6.22. The molecule has 3 aliphatic carbocycles. The average molecular weight is 678 g/mol. The molecule has 0 spiro atoms. The Morgan fingerprint density at radius 3 is 1.31 bits per heavy atom. The van der Waals surface area contributed by atoms with Crippen molar-refractivity contribution in [3.63, 3.8) is 0 Å². The lowest BCUT2D eigenvalue weighted by molar-refractivity contribution is 0.752. The van der Waals surface area contributed by atoms with Crippen LogP contribution < -0.4 is 20.7 Å². The minimum atomic E-state index is -2.84. The third-order valence-corrected chi connectivity index (χ3v) is 16.8. The van der Waals surface area contributed by atoms with Gasteiger partial charge in [0.05, 0.1) is 16.7 Å². The van der Waals surface area contributed by atoms with E-state index in [-0.39, 0.29) is 11.8 Å². The van der Waals surface area contributed by atoms with Gasteiger partial charge in [0, 0.05) is 22.6 Å². The minimum absolute atomic E-state index is 0.0709. The lowest BCUT2D eigenvalue weighted by Gasteiger charge is -2.46. The highest BCUT2D eigenvalue weighted by atomic mass is 28.3. The summed E-state index contributed by atoms with van der Waals surface area (Å²) in [5.41, 5.74) is 12.5. The van der Waals surface area contributed by atoms with Crippen LogP contribution in [0.15, 0.2) is 200 Å². The topological polar surface area (TPSA) is 4.93 Å². The monoisotopic (exact) mass is 677 g/mol. The summed E-state index contributed by atoms with van der Waals surface area (Å²) in [6.07, 6.45) is 0. The SMILES string of the molecule is c1ccc([Si](c2ccccc2)(c2ccccc2)c2cccc3c2C2c4ccccc4C3c3cccc(-n4c5ccccc5c5ccccc54)c32)cc1. The lowest BCUT2D eigenvalue weighted by Crippen LogP contribution is -2.75. The summed E-state index contributed by atoms with van der Waals surface area (Å²) in [5.74, 6) is 0.217. The van der Waals surface area contributed by atoms with Gasteiger partial charge < -0.3 is 4.57 Å². The molecule has 0 amide bonds. The molecule has 0 fully saturated rings. The molecule has 0 saturated carbocycles. The fourth-order valence-electron chi connectivity index (χ4n) is 10.0. The molecule has 12 rings (SSSR count). The van der Waals surface area contributed by atoms with Crippen LogP contribution in [0, 0.1) is 0 Å². The molecule has 2 atom stereocenters. The Morgan fingerprint density at radius 2 is 0.750 bits per heavy atom. The van der Waals surface area contributed by atoms with E-state index >= 15 is 0 Å². The number of fused-ring (bicyclic) bond motifs is 3. The van der Waals surface area contributed by atoms with Crippen LogP contribution in [0.2, 0.25) is 0 Å². The minimum Gasteiger partial charge on any atom is -0.309 e. The highest BCUT2D eigenvalue weighted by Crippen LogP contribution is 2.57. The van der Waals surface area contributed by atoms with Crippen molar-refractivity contribution in [1.29, 1.82) is 0 Å². The molecule has 8 aromatic carbocycles. The van der Waals surface area contributed by atoms with Crippen LogP contribution in [0.1, 0.15) is 45.2 Å². The van der Waals surface area contributed by atoms with Crippen LogP contribution in [-0.2, 0) is 0 Å².